The Hall–Kier alpha value is -0.260. The van der Waals surface area contributed by atoms with Gasteiger partial charge in [0.2, 0.25) is 5.91 Å². The molecule has 1 saturated heterocycles. The predicted molar refractivity (Wildman–Crippen MR) is 90.8 cm³/mol. The molecule has 3 atom stereocenters. The lowest BCUT2D eigenvalue weighted by Crippen LogP contribution is -2.55. The molecule has 2 fully saturated rings. The third-order valence-corrected chi connectivity index (χ3v) is 6.19. The van der Waals surface area contributed by atoms with Crippen LogP contribution in [0, 0.1) is 5.92 Å². The van der Waals surface area contributed by atoms with Crippen LogP contribution in [-0.4, -0.2) is 61.1 Å². The molecular weight excluding hydrogens is 282 g/mol. The summed E-state index contributed by atoms with van der Waals surface area (Å²) in [6.07, 6.45) is 5.61. The van der Waals surface area contributed by atoms with Crippen LogP contribution in [0.4, 0.5) is 0 Å². The van der Waals surface area contributed by atoms with Gasteiger partial charge < -0.3 is 15.5 Å². The van der Waals surface area contributed by atoms with Gasteiger partial charge in [-0.2, -0.15) is 11.8 Å². The summed E-state index contributed by atoms with van der Waals surface area (Å²) in [5, 5.41) is 6.65. The molecule has 0 aromatic rings. The Bertz CT molecular complexity index is 344. The van der Waals surface area contributed by atoms with E-state index in [1.54, 1.807) is 0 Å². The van der Waals surface area contributed by atoms with E-state index in [2.05, 4.69) is 36.6 Å². The van der Waals surface area contributed by atoms with Crippen molar-refractivity contribution in [3.05, 3.63) is 0 Å². The second kappa shape index (κ2) is 7.84. The highest BCUT2D eigenvalue weighted by molar-refractivity contribution is 7.99. The standard InChI is InChI=1S/C16H31N3OS/c1-13-5-4-6-16(10-13,19(2)3)12-18-15(20)9-14-11-21-8-7-17-14/h13-14,17H,4-12H2,1-3H3,(H,18,20). The van der Waals surface area contributed by atoms with E-state index in [1.165, 1.54) is 31.4 Å². The Morgan fingerprint density at radius 1 is 1.48 bits per heavy atom. The number of rotatable bonds is 5. The topological polar surface area (TPSA) is 44.4 Å². The number of carbonyl (C=O) groups excluding carboxylic acids is 1. The Labute approximate surface area is 133 Å². The van der Waals surface area contributed by atoms with Gasteiger partial charge >= 0.3 is 0 Å². The van der Waals surface area contributed by atoms with Crippen LogP contribution >= 0.6 is 11.8 Å². The second-order valence-electron chi connectivity index (χ2n) is 7.03. The second-order valence-corrected chi connectivity index (χ2v) is 8.18. The molecule has 2 aliphatic rings. The first-order valence-corrected chi connectivity index (χ1v) is 9.42. The van der Waals surface area contributed by atoms with Gasteiger partial charge in [-0.05, 0) is 32.9 Å². The monoisotopic (exact) mass is 313 g/mol. The Balaban J connectivity index is 1.82. The Morgan fingerprint density at radius 3 is 2.90 bits per heavy atom. The lowest BCUT2D eigenvalue weighted by molar-refractivity contribution is -0.122. The van der Waals surface area contributed by atoms with Crippen LogP contribution < -0.4 is 10.6 Å². The van der Waals surface area contributed by atoms with E-state index in [0.717, 1.165) is 24.8 Å². The number of hydrogen-bond donors (Lipinski definition) is 2. The highest BCUT2D eigenvalue weighted by Crippen LogP contribution is 2.35. The molecule has 0 bridgehead atoms. The van der Waals surface area contributed by atoms with Gasteiger partial charge in [-0.25, -0.2) is 0 Å². The molecule has 1 amide bonds. The summed E-state index contributed by atoms with van der Waals surface area (Å²) in [6, 6.07) is 0.351. The fourth-order valence-electron chi connectivity index (χ4n) is 3.67. The zero-order chi connectivity index (χ0) is 15.3. The van der Waals surface area contributed by atoms with E-state index >= 15 is 0 Å². The molecule has 122 valence electrons. The quantitative estimate of drug-likeness (QED) is 0.811. The third kappa shape index (κ3) is 4.86. The molecule has 3 unspecified atom stereocenters. The van der Waals surface area contributed by atoms with Crippen molar-refractivity contribution in [2.75, 3.05) is 38.7 Å². The van der Waals surface area contributed by atoms with Gasteiger partial charge in [0.25, 0.3) is 0 Å². The van der Waals surface area contributed by atoms with Crippen molar-refractivity contribution >= 4 is 17.7 Å². The van der Waals surface area contributed by atoms with E-state index in [-0.39, 0.29) is 11.4 Å². The molecule has 4 nitrogen and oxygen atoms in total. The molecule has 1 heterocycles. The summed E-state index contributed by atoms with van der Waals surface area (Å²) in [4.78, 5) is 14.6. The largest absolute Gasteiger partial charge is 0.354 e. The van der Waals surface area contributed by atoms with Crippen LogP contribution in [0.5, 0.6) is 0 Å². The maximum absolute atomic E-state index is 12.2. The van der Waals surface area contributed by atoms with Crippen molar-refractivity contribution in [2.24, 2.45) is 5.92 Å². The zero-order valence-corrected chi connectivity index (χ0v) is 14.6. The predicted octanol–water partition coefficient (Wildman–Crippen LogP) is 1.71. The maximum Gasteiger partial charge on any atom is 0.221 e. The van der Waals surface area contributed by atoms with E-state index in [0.29, 0.717) is 12.5 Å². The molecule has 1 saturated carbocycles. The molecule has 2 N–H and O–H groups in total. The summed E-state index contributed by atoms with van der Waals surface area (Å²) in [7, 11) is 4.31. The lowest BCUT2D eigenvalue weighted by atomic mass is 9.75. The van der Waals surface area contributed by atoms with Crippen molar-refractivity contribution < 1.29 is 4.79 Å². The van der Waals surface area contributed by atoms with Gasteiger partial charge in [0.1, 0.15) is 0 Å². The minimum absolute atomic E-state index is 0.155. The average molecular weight is 314 g/mol. The smallest absolute Gasteiger partial charge is 0.221 e. The molecule has 0 aromatic carbocycles. The van der Waals surface area contributed by atoms with E-state index < -0.39 is 0 Å². The van der Waals surface area contributed by atoms with Crippen molar-refractivity contribution in [1.29, 1.82) is 0 Å². The summed E-state index contributed by atoms with van der Waals surface area (Å²) in [6.45, 7) is 4.16. The Morgan fingerprint density at radius 2 is 2.29 bits per heavy atom. The highest BCUT2D eigenvalue weighted by Gasteiger charge is 2.37. The van der Waals surface area contributed by atoms with Crippen molar-refractivity contribution in [3.8, 4) is 0 Å². The number of hydrogen-bond acceptors (Lipinski definition) is 4. The van der Waals surface area contributed by atoms with Crippen LogP contribution in [-0.2, 0) is 4.79 Å². The molecule has 21 heavy (non-hydrogen) atoms. The van der Waals surface area contributed by atoms with Crippen molar-refractivity contribution in [1.82, 2.24) is 15.5 Å². The summed E-state index contributed by atoms with van der Waals surface area (Å²) in [5.41, 5.74) is 0.155. The number of carbonyl (C=O) groups is 1. The van der Waals surface area contributed by atoms with Crippen molar-refractivity contribution in [3.63, 3.8) is 0 Å². The molecule has 0 radical (unpaired) electrons. The first-order valence-electron chi connectivity index (χ1n) is 8.27. The molecule has 0 spiro atoms. The lowest BCUT2D eigenvalue weighted by Gasteiger charge is -2.45. The average Bonchev–Trinajstić information content (AvgIpc) is 2.46. The number of nitrogens with one attached hydrogen (secondary N) is 2. The molecule has 2 rings (SSSR count). The fraction of sp³-hybridized carbons (Fsp3) is 0.938. The summed E-state index contributed by atoms with van der Waals surface area (Å²) < 4.78 is 0. The van der Waals surface area contributed by atoms with E-state index in [1.807, 2.05) is 11.8 Å². The Kier molecular flexibility index (Phi) is 6.38. The normalized spacial score (nSPS) is 33.9. The molecular formula is C16H31N3OS. The first-order chi connectivity index (χ1) is 10.0. The van der Waals surface area contributed by atoms with Gasteiger partial charge in [0.05, 0.1) is 0 Å². The van der Waals surface area contributed by atoms with Crippen LogP contribution in [0.1, 0.15) is 39.0 Å². The third-order valence-electron chi connectivity index (χ3n) is 5.06. The minimum Gasteiger partial charge on any atom is -0.354 e. The van der Waals surface area contributed by atoms with Crippen LogP contribution in [0.15, 0.2) is 0 Å². The van der Waals surface area contributed by atoms with Gasteiger partial charge in [0, 0.05) is 42.6 Å². The summed E-state index contributed by atoms with van der Waals surface area (Å²) in [5.74, 6) is 3.19. The zero-order valence-electron chi connectivity index (χ0n) is 13.8. The SMILES string of the molecule is CC1CCCC(CNC(=O)CC2CSCCN2)(N(C)C)C1. The van der Waals surface area contributed by atoms with Gasteiger partial charge in [-0.3, -0.25) is 4.79 Å². The van der Waals surface area contributed by atoms with Crippen LogP contribution in [0.2, 0.25) is 0 Å². The van der Waals surface area contributed by atoms with Gasteiger partial charge in [-0.1, -0.05) is 19.8 Å². The molecule has 5 heteroatoms. The van der Waals surface area contributed by atoms with E-state index in [9.17, 15) is 4.79 Å². The number of amides is 1. The fourth-order valence-corrected chi connectivity index (χ4v) is 4.62. The van der Waals surface area contributed by atoms with Crippen LogP contribution in [0.3, 0.4) is 0 Å². The van der Waals surface area contributed by atoms with Crippen molar-refractivity contribution in [2.45, 2.75) is 50.6 Å². The minimum atomic E-state index is 0.155. The number of thioether (sulfide) groups is 1. The molecule has 1 aliphatic heterocycles. The highest BCUT2D eigenvalue weighted by atomic mass is 32.2. The molecule has 0 aromatic heterocycles. The van der Waals surface area contributed by atoms with Crippen LogP contribution in [0.25, 0.3) is 0 Å². The van der Waals surface area contributed by atoms with E-state index in [4.69, 9.17) is 0 Å². The van der Waals surface area contributed by atoms with Gasteiger partial charge in [-0.15, -0.1) is 0 Å². The summed E-state index contributed by atoms with van der Waals surface area (Å²) >= 11 is 1.94. The number of nitrogens with zero attached hydrogens (tertiary/aromatic N) is 1. The first kappa shape index (κ1) is 17.1. The molecule has 1 aliphatic carbocycles. The number of likely N-dealkylation sites (N-methyl/N-ethyl adjacent to an activating group) is 1. The maximum atomic E-state index is 12.2. The van der Waals surface area contributed by atoms with Gasteiger partial charge in [0.15, 0.2) is 0 Å².